The molecule has 0 aliphatic rings. The number of anilines is 1. The summed E-state index contributed by atoms with van der Waals surface area (Å²) in [4.78, 5) is 0. The van der Waals surface area contributed by atoms with Crippen LogP contribution in [-0.2, 0) is 6.61 Å². The third-order valence-electron chi connectivity index (χ3n) is 3.93. The Morgan fingerprint density at radius 2 is 1.65 bits per heavy atom. The molecule has 134 valence electrons. The highest BCUT2D eigenvalue weighted by atomic mass is 35.5. The summed E-state index contributed by atoms with van der Waals surface area (Å²) in [6.45, 7) is 3.85. The van der Waals surface area contributed by atoms with Gasteiger partial charge in [0.25, 0.3) is 0 Å². The van der Waals surface area contributed by atoms with Gasteiger partial charge in [-0.1, -0.05) is 41.9 Å². The minimum Gasteiger partial charge on any atom is -0.491 e. The summed E-state index contributed by atoms with van der Waals surface area (Å²) < 4.78 is 11.6. The molecule has 0 saturated heterocycles. The maximum absolute atomic E-state index is 5.95. The van der Waals surface area contributed by atoms with Gasteiger partial charge in [0.1, 0.15) is 24.7 Å². The molecule has 0 aliphatic carbocycles. The molecule has 4 heteroatoms. The second-order valence-corrected chi connectivity index (χ2v) is 6.42. The van der Waals surface area contributed by atoms with E-state index in [-0.39, 0.29) is 0 Å². The average molecular weight is 368 g/mol. The predicted octanol–water partition coefficient (Wildman–Crippen LogP) is 5.72. The highest BCUT2D eigenvalue weighted by Gasteiger charge is 2.01. The van der Waals surface area contributed by atoms with Gasteiger partial charge < -0.3 is 14.8 Å². The van der Waals surface area contributed by atoms with Gasteiger partial charge in [-0.05, 0) is 60.5 Å². The molecule has 0 atom stereocenters. The zero-order valence-corrected chi connectivity index (χ0v) is 15.5. The monoisotopic (exact) mass is 367 g/mol. The van der Waals surface area contributed by atoms with Crippen molar-refractivity contribution in [1.29, 1.82) is 0 Å². The van der Waals surface area contributed by atoms with E-state index in [9.17, 15) is 0 Å². The second kappa shape index (κ2) is 9.16. The molecule has 0 aromatic heterocycles. The van der Waals surface area contributed by atoms with Crippen molar-refractivity contribution >= 4 is 17.3 Å². The van der Waals surface area contributed by atoms with Crippen LogP contribution in [0.2, 0.25) is 5.02 Å². The van der Waals surface area contributed by atoms with Gasteiger partial charge >= 0.3 is 0 Å². The molecule has 0 fully saturated rings. The molecular weight excluding hydrogens is 346 g/mol. The summed E-state index contributed by atoms with van der Waals surface area (Å²) >= 11 is 5.95. The Kier molecular flexibility index (Phi) is 6.39. The summed E-state index contributed by atoms with van der Waals surface area (Å²) in [6.07, 6.45) is 0. The lowest BCUT2D eigenvalue weighted by Crippen LogP contribution is -2.11. The molecule has 0 amide bonds. The van der Waals surface area contributed by atoms with Crippen molar-refractivity contribution in [2.75, 3.05) is 18.5 Å². The van der Waals surface area contributed by atoms with Gasteiger partial charge in [-0.2, -0.15) is 0 Å². The van der Waals surface area contributed by atoms with Crippen LogP contribution in [0.15, 0.2) is 72.8 Å². The van der Waals surface area contributed by atoms with Gasteiger partial charge in [-0.3, -0.25) is 0 Å². The van der Waals surface area contributed by atoms with Crippen LogP contribution >= 0.6 is 11.6 Å². The number of ether oxygens (including phenoxy) is 2. The van der Waals surface area contributed by atoms with E-state index in [1.165, 1.54) is 0 Å². The Morgan fingerprint density at radius 1 is 0.885 bits per heavy atom. The number of aryl methyl sites for hydroxylation is 1. The third-order valence-corrected chi connectivity index (χ3v) is 4.16. The van der Waals surface area contributed by atoms with Crippen molar-refractivity contribution in [2.24, 2.45) is 0 Å². The van der Waals surface area contributed by atoms with Crippen LogP contribution in [-0.4, -0.2) is 13.2 Å². The van der Waals surface area contributed by atoms with Crippen molar-refractivity contribution in [3.8, 4) is 11.5 Å². The van der Waals surface area contributed by atoms with Gasteiger partial charge in [0.2, 0.25) is 0 Å². The maximum Gasteiger partial charge on any atom is 0.122 e. The molecule has 0 radical (unpaired) electrons. The minimum atomic E-state index is 0.571. The van der Waals surface area contributed by atoms with E-state index in [4.69, 9.17) is 21.1 Å². The molecule has 0 saturated carbocycles. The van der Waals surface area contributed by atoms with Crippen LogP contribution in [0.5, 0.6) is 11.5 Å². The topological polar surface area (TPSA) is 30.5 Å². The van der Waals surface area contributed by atoms with Crippen LogP contribution in [0.4, 0.5) is 5.69 Å². The molecule has 0 heterocycles. The minimum absolute atomic E-state index is 0.571. The molecule has 3 nitrogen and oxygen atoms in total. The van der Waals surface area contributed by atoms with E-state index < -0.39 is 0 Å². The molecule has 3 aromatic rings. The summed E-state index contributed by atoms with van der Waals surface area (Å²) in [5.74, 6) is 1.72. The van der Waals surface area contributed by atoms with Crippen LogP contribution in [0.25, 0.3) is 0 Å². The number of hydrogen-bond donors (Lipinski definition) is 1. The van der Waals surface area contributed by atoms with Gasteiger partial charge in [0, 0.05) is 17.3 Å². The zero-order chi connectivity index (χ0) is 18.2. The molecule has 3 aromatic carbocycles. The Morgan fingerprint density at radius 3 is 2.38 bits per heavy atom. The van der Waals surface area contributed by atoms with Crippen LogP contribution in [0.1, 0.15) is 11.1 Å². The van der Waals surface area contributed by atoms with Crippen molar-refractivity contribution in [3.63, 3.8) is 0 Å². The van der Waals surface area contributed by atoms with Gasteiger partial charge in [-0.15, -0.1) is 0 Å². The first-order chi connectivity index (χ1) is 12.7. The van der Waals surface area contributed by atoms with Crippen LogP contribution in [0, 0.1) is 6.92 Å². The summed E-state index contributed by atoms with van der Waals surface area (Å²) in [5.41, 5.74) is 3.23. The molecule has 26 heavy (non-hydrogen) atoms. The SMILES string of the molecule is Cc1cc(Cl)ccc1OCCNc1ccc(OCc2ccccc2)cc1. The maximum atomic E-state index is 5.95. The fourth-order valence-electron chi connectivity index (χ4n) is 2.54. The number of benzene rings is 3. The summed E-state index contributed by atoms with van der Waals surface area (Å²) in [5, 5.41) is 4.06. The van der Waals surface area contributed by atoms with E-state index in [1.807, 2.05) is 67.6 Å². The van der Waals surface area contributed by atoms with Crippen LogP contribution in [0.3, 0.4) is 0 Å². The molecule has 0 bridgehead atoms. The first kappa shape index (κ1) is 18.2. The normalized spacial score (nSPS) is 10.4. The van der Waals surface area contributed by atoms with E-state index >= 15 is 0 Å². The number of hydrogen-bond acceptors (Lipinski definition) is 3. The summed E-state index contributed by atoms with van der Waals surface area (Å²) in [7, 11) is 0. The second-order valence-electron chi connectivity index (χ2n) is 5.98. The largest absolute Gasteiger partial charge is 0.491 e. The molecular formula is C22H22ClNO2. The fourth-order valence-corrected chi connectivity index (χ4v) is 2.77. The first-order valence-corrected chi connectivity index (χ1v) is 8.98. The van der Waals surface area contributed by atoms with Crippen LogP contribution < -0.4 is 14.8 Å². The fraction of sp³-hybridized carbons (Fsp3) is 0.182. The number of halogens is 1. The lowest BCUT2D eigenvalue weighted by atomic mass is 10.2. The molecule has 3 rings (SSSR count). The highest BCUT2D eigenvalue weighted by Crippen LogP contribution is 2.22. The lowest BCUT2D eigenvalue weighted by molar-refractivity contribution is 0.306. The first-order valence-electron chi connectivity index (χ1n) is 8.60. The average Bonchev–Trinajstić information content (AvgIpc) is 2.67. The third kappa shape index (κ3) is 5.43. The number of rotatable bonds is 8. The molecule has 0 aliphatic heterocycles. The van der Waals surface area contributed by atoms with Crippen molar-refractivity contribution < 1.29 is 9.47 Å². The standard InChI is InChI=1S/C22H22ClNO2/c1-17-15-19(23)7-12-22(17)25-14-13-24-20-8-10-21(11-9-20)26-16-18-5-3-2-4-6-18/h2-12,15,24H,13-14,16H2,1H3. The molecule has 0 spiro atoms. The Balaban J connectivity index is 1.41. The van der Waals surface area contributed by atoms with E-state index in [0.29, 0.717) is 19.8 Å². The molecule has 1 N–H and O–H groups in total. The van der Waals surface area contributed by atoms with Crippen molar-refractivity contribution in [3.05, 3.63) is 88.9 Å². The van der Waals surface area contributed by atoms with Crippen molar-refractivity contribution in [2.45, 2.75) is 13.5 Å². The van der Waals surface area contributed by atoms with Gasteiger partial charge in [0.05, 0.1) is 0 Å². The Labute approximate surface area is 159 Å². The highest BCUT2D eigenvalue weighted by molar-refractivity contribution is 6.30. The van der Waals surface area contributed by atoms with Gasteiger partial charge in [0.15, 0.2) is 0 Å². The van der Waals surface area contributed by atoms with Gasteiger partial charge in [-0.25, -0.2) is 0 Å². The Hall–Kier alpha value is -2.65. The van der Waals surface area contributed by atoms with Crippen molar-refractivity contribution in [1.82, 2.24) is 0 Å². The lowest BCUT2D eigenvalue weighted by Gasteiger charge is -2.11. The van der Waals surface area contributed by atoms with E-state index in [1.54, 1.807) is 0 Å². The predicted molar refractivity (Wildman–Crippen MR) is 107 cm³/mol. The zero-order valence-electron chi connectivity index (χ0n) is 14.7. The quantitative estimate of drug-likeness (QED) is 0.516. The smallest absolute Gasteiger partial charge is 0.122 e. The number of nitrogens with one attached hydrogen (secondary N) is 1. The molecule has 0 unspecified atom stereocenters. The van der Waals surface area contributed by atoms with E-state index in [2.05, 4.69) is 17.4 Å². The Bertz CT molecular complexity index is 819. The van der Waals surface area contributed by atoms with E-state index in [0.717, 1.165) is 33.3 Å². The summed E-state index contributed by atoms with van der Waals surface area (Å²) in [6, 6.07) is 23.7.